The van der Waals surface area contributed by atoms with Gasteiger partial charge in [0.2, 0.25) is 27.4 Å². The van der Waals surface area contributed by atoms with Crippen LogP contribution in [-0.2, 0) is 0 Å². The molecule has 186 valence electrons. The molecule has 0 spiro atoms. The zero-order valence-electron chi connectivity index (χ0n) is 18.9. The number of aliphatic hydroxyl groups is 1. The van der Waals surface area contributed by atoms with E-state index >= 15 is 0 Å². The van der Waals surface area contributed by atoms with Gasteiger partial charge in [0.15, 0.2) is 0 Å². The lowest BCUT2D eigenvalue weighted by Gasteiger charge is -2.19. The number of aromatic nitrogens is 4. The fourth-order valence-corrected chi connectivity index (χ4v) is 3.77. The molecule has 11 heteroatoms. The monoisotopic (exact) mass is 546 g/mol. The van der Waals surface area contributed by atoms with Gasteiger partial charge < -0.3 is 13.9 Å². The Morgan fingerprint density at radius 2 is 1.22 bits per heavy atom. The van der Waals surface area contributed by atoms with Gasteiger partial charge in [0.25, 0.3) is 0 Å². The molecule has 1 unspecified atom stereocenters. The van der Waals surface area contributed by atoms with Crippen molar-refractivity contribution in [3.63, 3.8) is 0 Å². The Balaban J connectivity index is 0.000000152. The van der Waals surface area contributed by atoms with E-state index in [9.17, 15) is 9.90 Å². The van der Waals surface area contributed by atoms with Crippen molar-refractivity contribution in [1.82, 2.24) is 20.4 Å². The highest BCUT2D eigenvalue weighted by Crippen LogP contribution is 2.42. The van der Waals surface area contributed by atoms with E-state index in [0.717, 1.165) is 49.0 Å². The van der Waals surface area contributed by atoms with Crippen LogP contribution in [-0.4, -0.2) is 35.6 Å². The normalized spacial score (nSPS) is 16.2. The van der Waals surface area contributed by atoms with Gasteiger partial charge in [-0.05, 0) is 55.5 Å². The smallest absolute Gasteiger partial charge is 0.247 e. The predicted molar refractivity (Wildman–Crippen MR) is 134 cm³/mol. The minimum atomic E-state index is -1.76. The highest BCUT2D eigenvalue weighted by molar-refractivity contribution is 6.68. The van der Waals surface area contributed by atoms with E-state index in [1.54, 1.807) is 36.4 Å². The number of rotatable bonds is 6. The Morgan fingerprint density at radius 3 is 1.61 bits per heavy atom. The van der Waals surface area contributed by atoms with Gasteiger partial charge in [0.1, 0.15) is 12.4 Å². The van der Waals surface area contributed by atoms with Gasteiger partial charge in [-0.3, -0.25) is 4.79 Å². The number of aldehydes is 1. The van der Waals surface area contributed by atoms with Gasteiger partial charge in [-0.25, -0.2) is 0 Å². The molecule has 2 aliphatic carbocycles. The molecule has 0 bridgehead atoms. The summed E-state index contributed by atoms with van der Waals surface area (Å²) in [6.07, 6.45) is 4.13. The van der Waals surface area contributed by atoms with Crippen LogP contribution in [0.4, 0.5) is 0 Å². The summed E-state index contributed by atoms with van der Waals surface area (Å²) in [4.78, 5) is 10.5. The van der Waals surface area contributed by atoms with Gasteiger partial charge in [0.05, 0.1) is 0 Å². The molecule has 0 amide bonds. The summed E-state index contributed by atoms with van der Waals surface area (Å²) in [5, 5.41) is 25.9. The Labute approximate surface area is 221 Å². The lowest BCUT2D eigenvalue weighted by molar-refractivity contribution is 0.112. The van der Waals surface area contributed by atoms with E-state index in [2.05, 4.69) is 20.4 Å². The summed E-state index contributed by atoms with van der Waals surface area (Å²) in [7, 11) is 0. The highest BCUT2D eigenvalue weighted by atomic mass is 35.6. The van der Waals surface area contributed by atoms with Crippen LogP contribution < -0.4 is 0 Å². The third kappa shape index (κ3) is 5.95. The van der Waals surface area contributed by atoms with Crippen LogP contribution >= 0.6 is 34.8 Å². The van der Waals surface area contributed by atoms with E-state index in [1.165, 1.54) is 0 Å². The molecule has 2 heterocycles. The first-order valence-corrected chi connectivity index (χ1v) is 12.5. The molecule has 2 aromatic carbocycles. The van der Waals surface area contributed by atoms with Crippen molar-refractivity contribution in [2.45, 2.75) is 47.4 Å². The second-order valence-electron chi connectivity index (χ2n) is 8.75. The fourth-order valence-electron chi connectivity index (χ4n) is 3.39. The van der Waals surface area contributed by atoms with Crippen molar-refractivity contribution in [1.29, 1.82) is 0 Å². The van der Waals surface area contributed by atoms with E-state index < -0.39 is 9.90 Å². The summed E-state index contributed by atoms with van der Waals surface area (Å²) >= 11 is 17.0. The average Bonchev–Trinajstić information content (AvgIpc) is 3.83. The first kappa shape index (κ1) is 24.9. The summed E-state index contributed by atoms with van der Waals surface area (Å²) in [6.45, 7) is 0. The third-order valence-electron chi connectivity index (χ3n) is 5.81. The zero-order valence-corrected chi connectivity index (χ0v) is 21.1. The first-order chi connectivity index (χ1) is 17.3. The van der Waals surface area contributed by atoms with E-state index in [0.29, 0.717) is 40.6 Å². The molecular formula is C25H21Cl3N4O4. The molecular weight excluding hydrogens is 527 g/mol. The van der Waals surface area contributed by atoms with E-state index in [-0.39, 0.29) is 0 Å². The van der Waals surface area contributed by atoms with Crippen LogP contribution in [0.15, 0.2) is 57.4 Å². The molecule has 2 aromatic heterocycles. The summed E-state index contributed by atoms with van der Waals surface area (Å²) in [5.74, 6) is 3.29. The maximum absolute atomic E-state index is 10.5. The molecule has 0 saturated heterocycles. The Kier molecular flexibility index (Phi) is 7.12. The first-order valence-electron chi connectivity index (χ1n) is 11.4. The zero-order chi connectivity index (χ0) is 25.3. The maximum atomic E-state index is 10.5. The van der Waals surface area contributed by atoms with Gasteiger partial charge in [-0.2, -0.15) is 0 Å². The van der Waals surface area contributed by atoms with Crippen LogP contribution in [0, 0.1) is 0 Å². The number of carbonyl (C=O) groups excluding carboxylic acids is 1. The molecule has 2 aliphatic rings. The van der Waals surface area contributed by atoms with Crippen LogP contribution in [0.25, 0.3) is 22.9 Å². The molecule has 1 atom stereocenters. The SMILES string of the molecule is O=Cc1ccc(-c2nnc(C3CC3)o2)cc1.OC(c1ccc(-c2nnc(C3CC3)o2)cc1)C(Cl)(Cl)Cl. The minimum absolute atomic E-state index is 0.418. The Morgan fingerprint density at radius 1 is 0.778 bits per heavy atom. The second kappa shape index (κ2) is 10.3. The Bertz CT molecular complexity index is 1320. The molecule has 4 aromatic rings. The number of hydrogen-bond donors (Lipinski definition) is 1. The van der Waals surface area contributed by atoms with Crippen LogP contribution in [0.5, 0.6) is 0 Å². The standard InChI is InChI=1S/C13H11Cl3N2O2.C12H10N2O2/c14-13(15,16)10(19)7-1-3-8(4-2-7)11-17-18-12(20-11)9-5-6-9;15-7-8-1-3-9(4-2-8)11-13-14-12(16-11)10-5-6-10/h1-4,9-10,19H,5-6H2;1-4,7,10H,5-6H2. The van der Waals surface area contributed by atoms with Crippen LogP contribution in [0.1, 0.15) is 71.3 Å². The predicted octanol–water partition coefficient (Wildman–Crippen LogP) is 6.44. The van der Waals surface area contributed by atoms with Crippen molar-refractivity contribution in [2.24, 2.45) is 0 Å². The number of nitrogens with zero attached hydrogens (tertiary/aromatic N) is 4. The molecule has 36 heavy (non-hydrogen) atoms. The number of alkyl halides is 3. The summed E-state index contributed by atoms with van der Waals surface area (Å²) in [6, 6.07) is 13.9. The maximum Gasteiger partial charge on any atom is 0.247 e. The van der Waals surface area contributed by atoms with Gasteiger partial charge in [-0.15, -0.1) is 20.4 Å². The molecule has 0 aliphatic heterocycles. The Hall–Kier alpha value is -2.78. The van der Waals surface area contributed by atoms with Crippen molar-refractivity contribution in [3.8, 4) is 22.9 Å². The van der Waals surface area contributed by atoms with Crippen molar-refractivity contribution < 1.29 is 18.7 Å². The quantitative estimate of drug-likeness (QED) is 0.216. The molecule has 1 N–H and O–H groups in total. The molecule has 2 saturated carbocycles. The molecule has 8 nitrogen and oxygen atoms in total. The average molecular weight is 548 g/mol. The van der Waals surface area contributed by atoms with Gasteiger partial charge in [0, 0.05) is 28.5 Å². The number of carbonyl (C=O) groups is 1. The summed E-state index contributed by atoms with van der Waals surface area (Å²) in [5.41, 5.74) is 2.77. The van der Waals surface area contributed by atoms with Crippen molar-refractivity contribution in [3.05, 3.63) is 71.4 Å². The molecule has 0 radical (unpaired) electrons. The van der Waals surface area contributed by atoms with E-state index in [4.69, 9.17) is 43.6 Å². The number of aliphatic hydroxyl groups excluding tert-OH is 1. The topological polar surface area (TPSA) is 115 Å². The third-order valence-corrected chi connectivity index (χ3v) is 6.43. The van der Waals surface area contributed by atoms with Crippen molar-refractivity contribution >= 4 is 41.1 Å². The number of halogens is 3. The van der Waals surface area contributed by atoms with Gasteiger partial charge >= 0.3 is 0 Å². The van der Waals surface area contributed by atoms with Crippen LogP contribution in [0.3, 0.4) is 0 Å². The number of hydrogen-bond acceptors (Lipinski definition) is 8. The van der Waals surface area contributed by atoms with Gasteiger partial charge in [-0.1, -0.05) is 59.1 Å². The second-order valence-corrected chi connectivity index (χ2v) is 11.1. The fraction of sp³-hybridized carbons (Fsp3) is 0.320. The summed E-state index contributed by atoms with van der Waals surface area (Å²) < 4.78 is 9.40. The molecule has 6 rings (SSSR count). The highest BCUT2D eigenvalue weighted by Gasteiger charge is 2.32. The molecule has 2 fully saturated rings. The van der Waals surface area contributed by atoms with E-state index in [1.807, 2.05) is 12.1 Å². The lowest BCUT2D eigenvalue weighted by Crippen LogP contribution is -2.16. The van der Waals surface area contributed by atoms with Crippen LogP contribution in [0.2, 0.25) is 0 Å². The van der Waals surface area contributed by atoms with Crippen molar-refractivity contribution in [2.75, 3.05) is 0 Å². The minimum Gasteiger partial charge on any atom is -0.420 e. The lowest BCUT2D eigenvalue weighted by atomic mass is 10.1. The largest absolute Gasteiger partial charge is 0.420 e. The number of benzene rings is 2.